The van der Waals surface area contributed by atoms with Crippen molar-refractivity contribution in [3.8, 4) is 0 Å². The first-order valence-corrected chi connectivity index (χ1v) is 59.3. The molecule has 2 saturated heterocycles. The highest BCUT2D eigenvalue weighted by Crippen LogP contribution is 2.52. The van der Waals surface area contributed by atoms with Gasteiger partial charge in [-0.3, -0.25) is 15.1 Å². The van der Waals surface area contributed by atoms with E-state index in [2.05, 4.69) is 481 Å². The predicted octanol–water partition coefficient (Wildman–Crippen LogP) is 32.1. The van der Waals surface area contributed by atoms with Crippen LogP contribution in [0.3, 0.4) is 0 Å². The summed E-state index contributed by atoms with van der Waals surface area (Å²) in [7, 11) is 0. The molecule has 0 bridgehead atoms. The van der Waals surface area contributed by atoms with Crippen LogP contribution in [0.5, 0.6) is 0 Å². The maximum atomic E-state index is 10.1. The lowest BCUT2D eigenvalue weighted by Crippen LogP contribution is -2.50. The maximum Gasteiger partial charge on any atom is 0.0534 e. The Bertz CT molecular complexity index is 4610. The van der Waals surface area contributed by atoms with Gasteiger partial charge in [0.15, 0.2) is 0 Å². The minimum atomic E-state index is -0.0407. The lowest BCUT2D eigenvalue weighted by molar-refractivity contribution is -0.777. The molecule has 4 unspecified atom stereocenters. The van der Waals surface area contributed by atoms with E-state index in [1.165, 1.54) is 123 Å². The SMILES string of the molecule is CC(C)=C1CCCN2C1=C(C(C)C)C(CSOO[O-])=CC2(C)C.CC(C)C1=C(C(C)C)C(C)(C)C(C)N1.CC(C)C1=C(C(C)C)C(C)CC(C)(C)N1.CC(C)C1=C(C(C)C)C(CSOO[O-])CC(C)(C)N1.CC1=CC(C)(C)N2CCCC(=C(C)C)C2=C1C(C)C.CCN1C(C(C)C)=C(C(C)C)C(C)=CC1(C)C.CCN1C(C(C)C)=C(C(C)C)C(C)CC1(C)C.CCN1C(C(C)C)=C(C(C)C)C(CSOO[O-])=CC1(C)C. The first-order valence-electron chi connectivity index (χ1n) is 56.6. The summed E-state index contributed by atoms with van der Waals surface area (Å²) in [6, 6.07) is 0.567. The van der Waals surface area contributed by atoms with Crippen molar-refractivity contribution in [1.29, 1.82) is 0 Å². The largest absolute Gasteiger partial charge is 0.691 e. The van der Waals surface area contributed by atoms with Crippen molar-refractivity contribution < 1.29 is 43.9 Å². The fraction of sp³-hybridized carbons (Fsp3) is 0.776. The fourth-order valence-corrected chi connectivity index (χ4v) is 28.0. The summed E-state index contributed by atoms with van der Waals surface area (Å²) in [5, 5.41) is 51.5. The molecule has 0 aromatic rings. The molecular weight excluding hydrogens is 1850 g/mol. The first-order chi connectivity index (χ1) is 66.5. The summed E-state index contributed by atoms with van der Waals surface area (Å²) in [5.74, 6) is 11.7. The van der Waals surface area contributed by atoms with Crippen LogP contribution in [0.2, 0.25) is 0 Å². The van der Waals surface area contributed by atoms with Gasteiger partial charge in [0.25, 0.3) is 0 Å². The number of nitrogens with one attached hydrogen (secondary N) is 3. The molecule has 145 heavy (non-hydrogen) atoms. The monoisotopic (exact) mass is 2080 g/mol. The average Bonchev–Trinajstić information content (AvgIpc) is 1.35. The van der Waals surface area contributed by atoms with E-state index in [0.29, 0.717) is 117 Å². The number of allylic oxidation sites excluding steroid dienone is 19. The summed E-state index contributed by atoms with van der Waals surface area (Å²) in [6.45, 7) is 134. The van der Waals surface area contributed by atoms with Crippen LogP contribution in [0.1, 0.15) is 433 Å². The van der Waals surface area contributed by atoms with Crippen LogP contribution >= 0.6 is 36.1 Å². The Labute approximate surface area is 906 Å². The van der Waals surface area contributed by atoms with Crippen molar-refractivity contribution in [2.24, 2.45) is 106 Å². The van der Waals surface area contributed by atoms with E-state index in [9.17, 15) is 15.8 Å². The Morgan fingerprint density at radius 2 is 0.717 bits per heavy atom. The van der Waals surface area contributed by atoms with Gasteiger partial charge in [-0.05, 0) is 390 Å². The number of hydrogen-bond donors (Lipinski definition) is 3. The van der Waals surface area contributed by atoms with Gasteiger partial charge in [-0.1, -0.05) is 257 Å². The molecule has 0 saturated carbocycles. The highest BCUT2D eigenvalue weighted by Gasteiger charge is 2.46. The molecule has 2 fully saturated rings. The topological polar surface area (TPSA) is 177 Å². The molecule has 10 rings (SSSR count). The zero-order valence-corrected chi connectivity index (χ0v) is 106. The van der Waals surface area contributed by atoms with Gasteiger partial charge in [-0.2, -0.15) is 13.0 Å². The van der Waals surface area contributed by atoms with E-state index in [0.717, 1.165) is 92.7 Å². The number of piperidine rings is 2. The van der Waals surface area contributed by atoms with Crippen molar-refractivity contribution in [3.05, 3.63) is 159 Å². The van der Waals surface area contributed by atoms with Crippen LogP contribution in [0, 0.1) is 106 Å². The van der Waals surface area contributed by atoms with Crippen molar-refractivity contribution in [2.75, 3.05) is 50.0 Å². The van der Waals surface area contributed by atoms with E-state index in [-0.39, 0.29) is 33.2 Å². The van der Waals surface area contributed by atoms with Gasteiger partial charge in [0.2, 0.25) is 0 Å². The molecule has 0 aromatic carbocycles. The second kappa shape index (κ2) is 57.6. The van der Waals surface area contributed by atoms with Gasteiger partial charge in [0, 0.05) is 160 Å². The first kappa shape index (κ1) is 135. The predicted molar refractivity (Wildman–Crippen MR) is 624 cm³/mol. The quantitative estimate of drug-likeness (QED) is 0.0279. The molecule has 3 N–H and O–H groups in total. The average molecular weight is 2080 g/mol. The number of nitrogens with zero attached hydrogens (tertiary/aromatic N) is 5. The maximum absolute atomic E-state index is 10.1. The molecule has 10 heterocycles. The van der Waals surface area contributed by atoms with Gasteiger partial charge in [0.05, 0.1) is 22.2 Å². The minimum absolute atomic E-state index is 0.0386. The Hall–Kier alpha value is -4.55. The molecule has 4 atom stereocenters. The molecule has 0 amide bonds. The molecule has 17 nitrogen and oxygen atoms in total. The van der Waals surface area contributed by atoms with Crippen molar-refractivity contribution in [3.63, 3.8) is 0 Å². The van der Waals surface area contributed by atoms with Gasteiger partial charge in [-0.15, -0.1) is 0 Å². The van der Waals surface area contributed by atoms with Crippen LogP contribution in [0.15, 0.2) is 159 Å². The Balaban J connectivity index is 0.000000428. The third kappa shape index (κ3) is 35.8. The zero-order valence-electron chi connectivity index (χ0n) is 104. The Morgan fingerprint density at radius 1 is 0.372 bits per heavy atom. The van der Waals surface area contributed by atoms with Crippen LogP contribution < -0.4 is 31.7 Å². The van der Waals surface area contributed by atoms with E-state index in [1.807, 2.05) is 0 Å². The van der Waals surface area contributed by atoms with Gasteiger partial charge < -0.3 is 56.2 Å². The van der Waals surface area contributed by atoms with Crippen molar-refractivity contribution >= 4 is 36.1 Å². The third-order valence-corrected chi connectivity index (χ3v) is 33.2. The lowest BCUT2D eigenvalue weighted by Gasteiger charge is -2.50. The number of fused-ring (bicyclic) bond motifs is 2. The van der Waals surface area contributed by atoms with Crippen LogP contribution in [-0.2, 0) is 28.1 Å². The summed E-state index contributed by atoms with van der Waals surface area (Å²) >= 11 is 3.21. The fourth-order valence-electron chi connectivity index (χ4n) is 26.5. The molecule has 0 radical (unpaired) electrons. The van der Waals surface area contributed by atoms with Crippen LogP contribution in [0.25, 0.3) is 0 Å². The Morgan fingerprint density at radius 3 is 1.08 bits per heavy atom. The van der Waals surface area contributed by atoms with Gasteiger partial charge >= 0.3 is 0 Å². The molecular formula is C125H223N8O9S3-3. The highest BCUT2D eigenvalue weighted by molar-refractivity contribution is 7.95. The number of hydrogen-bond acceptors (Lipinski definition) is 20. The molecule has 20 heteroatoms. The molecule has 0 aromatic heterocycles. The van der Waals surface area contributed by atoms with E-state index in [4.69, 9.17) is 0 Å². The summed E-state index contributed by atoms with van der Waals surface area (Å²) in [5.41, 5.74) is 36.7. The van der Waals surface area contributed by atoms with E-state index in [1.54, 1.807) is 50.5 Å². The molecule has 838 valence electrons. The van der Waals surface area contributed by atoms with E-state index < -0.39 is 0 Å². The normalized spacial score (nSPS) is 22.6. The van der Waals surface area contributed by atoms with Crippen molar-refractivity contribution in [2.45, 2.75) is 477 Å². The van der Waals surface area contributed by atoms with Gasteiger partial charge in [0.1, 0.15) is 0 Å². The van der Waals surface area contributed by atoms with Gasteiger partial charge in [-0.25, -0.2) is 0 Å². The molecule has 0 aliphatic carbocycles. The molecule has 10 aliphatic rings. The second-order valence-electron chi connectivity index (χ2n) is 52.7. The lowest BCUT2D eigenvalue weighted by atomic mass is 9.74. The highest BCUT2D eigenvalue weighted by atomic mass is 32.2. The van der Waals surface area contributed by atoms with Crippen molar-refractivity contribution in [1.82, 2.24) is 40.4 Å². The van der Waals surface area contributed by atoms with Crippen LogP contribution in [0.4, 0.5) is 0 Å². The third-order valence-electron chi connectivity index (χ3n) is 31.3. The minimum Gasteiger partial charge on any atom is -0.691 e. The Kier molecular flexibility index (Phi) is 53.5. The smallest absolute Gasteiger partial charge is 0.0534 e. The summed E-state index contributed by atoms with van der Waals surface area (Å²) in [4.78, 5) is 12.9. The van der Waals surface area contributed by atoms with E-state index >= 15 is 0 Å². The van der Waals surface area contributed by atoms with Crippen LogP contribution in [-0.4, -0.2) is 119 Å². The molecule has 10 aliphatic heterocycles. The number of rotatable bonds is 29. The standard InChI is InChI=1S/C18H29NO3S.C18H29N.C16H29NO3S.C16H31N.C16H29N.C14H27NO3S.C14H27N.C13H25N/c1-12(2)15-8-7-9-19-17(15)16(13(3)4)14(10-18(19,5)6)11-23-22-21-20;1-12(2)15-9-8-10-19-17(15)16(13(3)4)14(5)11-18(19,6)7;1-8-17-15(12(4)5)14(11(2)3)13(9-16(17,6)7)10-21-20-19-18;2*1-9-17-15(12(4)5)14(11(2)3)13(6)10-16(17,7)8;1-9(2)12-11(8-19-18-17-16)7-14(5,6)15-13(12)10(3)4;1-9(2)12-11(5)8-14(6,7)15-13(12)10(3)4;1-8(2)11-12(9(3)4)14-10(5)13(11,6)7/h10,13,20H,7-9,11H2,1-6H3;11,13H,8-10H2,1-7H3;9,11-12,18H,8,10H2,1-7H3;11-13H,9-10H2,1-8H3;10-12H,9H2,1-8H3;9-11,15-16H,7-8H2,1-6H3;9-11,15H,8H2,1-7H3;8-10,14H,1-7H3/p-3. The molecule has 0 spiro atoms. The number of likely N-dealkylation sites (N-methyl/N-ethyl adjacent to an activating group) is 2. The zero-order chi connectivity index (χ0) is 112. The summed E-state index contributed by atoms with van der Waals surface area (Å²) in [6.07, 6.45) is 17.9. The summed E-state index contributed by atoms with van der Waals surface area (Å²) < 4.78 is 13.4. The second-order valence-corrected chi connectivity index (χ2v) is 54.8.